The van der Waals surface area contributed by atoms with E-state index in [9.17, 15) is 4.79 Å². The maximum atomic E-state index is 12.5. The predicted octanol–water partition coefficient (Wildman–Crippen LogP) is 3.51. The van der Waals surface area contributed by atoms with Crippen molar-refractivity contribution in [2.24, 2.45) is 0 Å². The Kier molecular flexibility index (Phi) is 5.47. The highest BCUT2D eigenvalue weighted by Gasteiger charge is 2.27. The van der Waals surface area contributed by atoms with Crippen molar-refractivity contribution < 1.29 is 9.53 Å². The number of likely N-dealkylation sites (tertiary alicyclic amines) is 1. The second-order valence-electron chi connectivity index (χ2n) is 6.53. The number of aromatic nitrogens is 1. The molecule has 122 valence electrons. The second-order valence-corrected chi connectivity index (χ2v) is 7.42. The largest absolute Gasteiger partial charge is 0.378 e. The summed E-state index contributed by atoms with van der Waals surface area (Å²) in [7, 11) is 0. The molecule has 5 heteroatoms. The van der Waals surface area contributed by atoms with Crippen LogP contribution in [-0.4, -0.2) is 41.6 Å². The smallest absolute Gasteiger partial charge is 0.222 e. The molecule has 2 aliphatic rings. The molecule has 2 saturated heterocycles. The molecule has 1 aromatic heterocycles. The Hall–Kier alpha value is -0.940. The number of aryl methyl sites for hydroxylation is 1. The number of carbonyl (C=O) groups is 1. The quantitative estimate of drug-likeness (QED) is 0.852. The van der Waals surface area contributed by atoms with Crippen molar-refractivity contribution in [2.75, 3.05) is 19.7 Å². The van der Waals surface area contributed by atoms with Gasteiger partial charge in [0.15, 0.2) is 0 Å². The number of ether oxygens (including phenoxy) is 1. The van der Waals surface area contributed by atoms with E-state index in [1.54, 1.807) is 11.3 Å². The molecule has 0 aliphatic carbocycles. The van der Waals surface area contributed by atoms with Gasteiger partial charge in [0.05, 0.1) is 11.1 Å². The molecule has 1 aromatic rings. The number of rotatable bonds is 4. The van der Waals surface area contributed by atoms with Crippen molar-refractivity contribution in [1.29, 1.82) is 0 Å². The van der Waals surface area contributed by atoms with Gasteiger partial charge in [-0.25, -0.2) is 4.98 Å². The summed E-state index contributed by atoms with van der Waals surface area (Å²) in [6.45, 7) is 4.66. The summed E-state index contributed by atoms with van der Waals surface area (Å²) in [4.78, 5) is 19.1. The average Bonchev–Trinajstić information content (AvgIpc) is 3.00. The van der Waals surface area contributed by atoms with E-state index in [2.05, 4.69) is 10.4 Å². The molecule has 0 N–H and O–H groups in total. The zero-order chi connectivity index (χ0) is 15.4. The monoisotopic (exact) mass is 322 g/mol. The lowest BCUT2D eigenvalue weighted by molar-refractivity contribution is -0.133. The van der Waals surface area contributed by atoms with Crippen LogP contribution in [0.5, 0.6) is 0 Å². The van der Waals surface area contributed by atoms with Gasteiger partial charge in [0.2, 0.25) is 5.91 Å². The van der Waals surface area contributed by atoms with Gasteiger partial charge in [0.1, 0.15) is 0 Å². The molecule has 2 atom stereocenters. The van der Waals surface area contributed by atoms with Gasteiger partial charge in [0, 0.05) is 43.1 Å². The van der Waals surface area contributed by atoms with E-state index in [0.717, 1.165) is 51.1 Å². The highest BCUT2D eigenvalue weighted by atomic mass is 32.1. The van der Waals surface area contributed by atoms with Crippen molar-refractivity contribution in [3.05, 3.63) is 16.1 Å². The van der Waals surface area contributed by atoms with Crippen molar-refractivity contribution in [2.45, 2.75) is 63.9 Å². The fourth-order valence-corrected chi connectivity index (χ4v) is 4.37. The van der Waals surface area contributed by atoms with E-state index in [-0.39, 0.29) is 0 Å². The van der Waals surface area contributed by atoms with Crippen LogP contribution in [0.3, 0.4) is 0 Å². The molecular formula is C17H26N2O2S. The first-order valence-corrected chi connectivity index (χ1v) is 9.42. The number of piperidine rings is 1. The Labute approximate surface area is 136 Å². The lowest BCUT2D eigenvalue weighted by atomic mass is 9.97. The number of amides is 1. The molecule has 22 heavy (non-hydrogen) atoms. The van der Waals surface area contributed by atoms with Gasteiger partial charge in [0.25, 0.3) is 0 Å². The van der Waals surface area contributed by atoms with Gasteiger partial charge in [-0.1, -0.05) is 0 Å². The van der Waals surface area contributed by atoms with Gasteiger partial charge >= 0.3 is 0 Å². The van der Waals surface area contributed by atoms with Crippen molar-refractivity contribution in [3.8, 4) is 0 Å². The Bertz CT molecular complexity index is 497. The first-order chi connectivity index (χ1) is 10.7. The van der Waals surface area contributed by atoms with Gasteiger partial charge < -0.3 is 9.64 Å². The highest BCUT2D eigenvalue weighted by Crippen LogP contribution is 2.29. The Morgan fingerprint density at radius 3 is 3.05 bits per heavy atom. The van der Waals surface area contributed by atoms with Crippen LogP contribution in [0.15, 0.2) is 5.38 Å². The van der Waals surface area contributed by atoms with Crippen molar-refractivity contribution in [3.63, 3.8) is 0 Å². The lowest BCUT2D eigenvalue weighted by Crippen LogP contribution is -2.39. The molecule has 1 amide bonds. The Morgan fingerprint density at radius 1 is 1.41 bits per heavy atom. The molecule has 0 spiro atoms. The standard InChI is InChI=1S/C17H26N2O2S/c1-13-12-22-17(18-13)14-5-4-9-19(11-14)16(20)8-7-15-6-2-3-10-21-15/h12,14-15H,2-11H2,1H3/t14-,15-/m1/s1. The fraction of sp³-hybridized carbons (Fsp3) is 0.765. The summed E-state index contributed by atoms with van der Waals surface area (Å²) in [6.07, 6.45) is 7.61. The number of thiazole rings is 1. The first-order valence-electron chi connectivity index (χ1n) is 8.54. The van der Waals surface area contributed by atoms with E-state index in [1.807, 2.05) is 11.8 Å². The van der Waals surface area contributed by atoms with Crippen LogP contribution in [0, 0.1) is 6.92 Å². The molecule has 0 bridgehead atoms. The van der Waals surface area contributed by atoms with Crippen LogP contribution in [0.2, 0.25) is 0 Å². The van der Waals surface area contributed by atoms with E-state index in [0.29, 0.717) is 24.3 Å². The van der Waals surface area contributed by atoms with Crippen LogP contribution in [0.1, 0.15) is 61.6 Å². The maximum absolute atomic E-state index is 12.5. The molecule has 2 aliphatic heterocycles. The molecule has 0 aromatic carbocycles. The number of carbonyl (C=O) groups excluding carboxylic acids is 1. The molecule has 0 radical (unpaired) electrons. The Balaban J connectivity index is 1.49. The maximum Gasteiger partial charge on any atom is 0.222 e. The van der Waals surface area contributed by atoms with Crippen LogP contribution in [-0.2, 0) is 9.53 Å². The first kappa shape index (κ1) is 15.9. The van der Waals surface area contributed by atoms with Gasteiger partial charge in [-0.3, -0.25) is 4.79 Å². The summed E-state index contributed by atoms with van der Waals surface area (Å²) in [6, 6.07) is 0. The SMILES string of the molecule is Cc1csc([C@@H]2CCCN(C(=O)CC[C@H]3CCCCO3)C2)n1. The van der Waals surface area contributed by atoms with Crippen LogP contribution in [0.4, 0.5) is 0 Å². The Morgan fingerprint density at radius 2 is 2.32 bits per heavy atom. The van der Waals surface area contributed by atoms with Gasteiger partial charge in [-0.2, -0.15) is 0 Å². The summed E-state index contributed by atoms with van der Waals surface area (Å²) in [5.41, 5.74) is 1.10. The third kappa shape index (κ3) is 4.07. The third-order valence-corrected chi connectivity index (χ3v) is 5.84. The minimum absolute atomic E-state index is 0.298. The zero-order valence-corrected chi connectivity index (χ0v) is 14.2. The van der Waals surface area contributed by atoms with Crippen LogP contribution in [0.25, 0.3) is 0 Å². The average molecular weight is 322 g/mol. The lowest BCUT2D eigenvalue weighted by Gasteiger charge is -2.32. The topological polar surface area (TPSA) is 42.4 Å². The molecule has 0 saturated carbocycles. The normalized spacial score (nSPS) is 26.1. The summed E-state index contributed by atoms with van der Waals surface area (Å²) in [5, 5.41) is 3.31. The fourth-order valence-electron chi connectivity index (χ4n) is 3.44. The predicted molar refractivity (Wildman–Crippen MR) is 88.2 cm³/mol. The summed E-state index contributed by atoms with van der Waals surface area (Å²) < 4.78 is 5.73. The van der Waals surface area contributed by atoms with E-state index in [1.165, 1.54) is 17.8 Å². The van der Waals surface area contributed by atoms with E-state index >= 15 is 0 Å². The third-order valence-electron chi connectivity index (χ3n) is 4.71. The number of nitrogens with zero attached hydrogens (tertiary/aromatic N) is 2. The molecule has 3 heterocycles. The number of hydrogen-bond donors (Lipinski definition) is 0. The molecular weight excluding hydrogens is 296 g/mol. The van der Waals surface area contributed by atoms with Gasteiger partial charge in [-0.05, 0) is 45.4 Å². The summed E-state index contributed by atoms with van der Waals surface area (Å²) in [5.74, 6) is 0.731. The minimum atomic E-state index is 0.298. The number of hydrogen-bond acceptors (Lipinski definition) is 4. The van der Waals surface area contributed by atoms with E-state index < -0.39 is 0 Å². The molecule has 0 unspecified atom stereocenters. The molecule has 2 fully saturated rings. The summed E-state index contributed by atoms with van der Waals surface area (Å²) >= 11 is 1.74. The zero-order valence-electron chi connectivity index (χ0n) is 13.4. The van der Waals surface area contributed by atoms with Crippen molar-refractivity contribution >= 4 is 17.2 Å². The molecule has 3 rings (SSSR count). The molecule has 4 nitrogen and oxygen atoms in total. The van der Waals surface area contributed by atoms with Crippen molar-refractivity contribution in [1.82, 2.24) is 9.88 Å². The highest BCUT2D eigenvalue weighted by molar-refractivity contribution is 7.09. The van der Waals surface area contributed by atoms with Crippen LogP contribution >= 0.6 is 11.3 Å². The van der Waals surface area contributed by atoms with Crippen LogP contribution < -0.4 is 0 Å². The van der Waals surface area contributed by atoms with E-state index in [4.69, 9.17) is 4.74 Å². The minimum Gasteiger partial charge on any atom is -0.378 e. The van der Waals surface area contributed by atoms with Gasteiger partial charge in [-0.15, -0.1) is 11.3 Å². The second kappa shape index (κ2) is 7.55.